The van der Waals surface area contributed by atoms with E-state index in [2.05, 4.69) is 60.7 Å². The summed E-state index contributed by atoms with van der Waals surface area (Å²) in [6.07, 6.45) is 7.86. The van der Waals surface area contributed by atoms with Crippen LogP contribution in [-0.4, -0.2) is 106 Å². The van der Waals surface area contributed by atoms with Gasteiger partial charge in [0.1, 0.15) is 29.5 Å². The molecule has 69 heavy (non-hydrogen) atoms. The number of hydrogen-bond donors (Lipinski definition) is 4. The number of carbonyl (C=O) groups is 4. The number of carbonyl (C=O) groups excluding carboxylic acids is 4. The number of amides is 4. The van der Waals surface area contributed by atoms with Crippen LogP contribution in [0.25, 0.3) is 22.1 Å². The molecule has 0 spiro atoms. The number of ether oxygens (including phenoxy) is 2. The lowest BCUT2D eigenvalue weighted by Gasteiger charge is -2.34. The summed E-state index contributed by atoms with van der Waals surface area (Å²) in [6.45, 7) is 10.4. The molecule has 6 heterocycles. The molecule has 2 aromatic heterocycles. The number of nitrogens with zero attached hydrogens (tertiary/aromatic N) is 6. The Morgan fingerprint density at radius 1 is 0.609 bits per heavy atom. The van der Waals surface area contributed by atoms with E-state index < -0.39 is 24.3 Å². The molecular weight excluding hydrogens is 880 g/mol. The van der Waals surface area contributed by atoms with Gasteiger partial charge in [-0.25, -0.2) is 23.9 Å². The highest BCUT2D eigenvalue weighted by Gasteiger charge is 2.41. The van der Waals surface area contributed by atoms with E-state index >= 15 is 4.39 Å². The molecule has 16 nitrogen and oxygen atoms in total. The third-order valence-electron chi connectivity index (χ3n) is 14.9. The monoisotopic (exact) mass is 947 g/mol. The standard InChI is InChI=1S/C52H67FN10O6/c1-30(2)45(58-51(66)68-5)49(64)61-25-11-13-43(61)47-54-36-18-15-32(27-38(36)56-47)40-21-22-41(63(40)34-17-20-42(35(53)29-34)60-23-9-7-8-10-24-60)33-16-19-37-39(28-33)57-48(55-37)44-14-12-26-62(44)50(65)46(31(3)4)59-52(67)69-6/h15-20,27-31,40-41,43-46H,7-14,21-26H2,1-6H3,(H,54,56)(H,55,57)(H,58,66)(H,59,67)/t40-,41?,43+,44+,45+,46+/m1/s1. The molecule has 3 aromatic carbocycles. The number of aromatic nitrogens is 4. The van der Waals surface area contributed by atoms with E-state index in [1.165, 1.54) is 14.2 Å². The number of aromatic amines is 2. The minimum Gasteiger partial charge on any atom is -0.453 e. The Kier molecular flexibility index (Phi) is 14.0. The fourth-order valence-electron chi connectivity index (χ4n) is 11.3. The van der Waals surface area contributed by atoms with Crippen molar-refractivity contribution in [3.05, 3.63) is 83.2 Å². The first-order chi connectivity index (χ1) is 33.3. The SMILES string of the molecule is COC(=O)N[C@H](C(=O)N1CCC[C@H]1c1nc2ccc(C3CC[C@H](c4ccc5nc([C@@H]6CCCN6C(=O)[C@@H](NC(=O)OC)C(C)C)[nH]c5c4)N3c3ccc(N4CCCCCC4)c(F)c3)cc2[nH]1)C(C)C. The van der Waals surface area contributed by atoms with E-state index in [1.54, 1.807) is 6.07 Å². The molecule has 368 valence electrons. The molecule has 6 atom stereocenters. The molecule has 4 N–H and O–H groups in total. The number of alkyl carbamates (subject to hydrolysis) is 2. The topological polar surface area (TPSA) is 181 Å². The van der Waals surface area contributed by atoms with Crippen LogP contribution in [-0.2, 0) is 19.1 Å². The first kappa shape index (κ1) is 47.7. The molecule has 5 aromatic rings. The van der Waals surface area contributed by atoms with E-state index in [9.17, 15) is 19.2 Å². The molecule has 9 rings (SSSR count). The first-order valence-corrected chi connectivity index (χ1v) is 24.9. The molecule has 0 bridgehead atoms. The van der Waals surface area contributed by atoms with Crippen LogP contribution in [0.4, 0.5) is 25.4 Å². The maximum atomic E-state index is 16.5. The summed E-state index contributed by atoms with van der Waals surface area (Å²) in [5, 5.41) is 5.46. The summed E-state index contributed by atoms with van der Waals surface area (Å²) >= 11 is 0. The number of likely N-dealkylation sites (tertiary alicyclic amines) is 2. The summed E-state index contributed by atoms with van der Waals surface area (Å²) in [7, 11) is 2.58. The fourth-order valence-corrected chi connectivity index (χ4v) is 11.3. The van der Waals surface area contributed by atoms with E-state index in [1.807, 2.05) is 55.7 Å². The molecular formula is C52H67FN10O6. The molecule has 4 aliphatic heterocycles. The lowest BCUT2D eigenvalue weighted by atomic mass is 10.0. The summed E-state index contributed by atoms with van der Waals surface area (Å²) in [6, 6.07) is 16.1. The Bertz CT molecular complexity index is 2530. The van der Waals surface area contributed by atoms with Gasteiger partial charge in [-0.3, -0.25) is 9.59 Å². The summed E-state index contributed by atoms with van der Waals surface area (Å²) in [5.74, 6) is 0.571. The molecule has 4 aliphatic rings. The van der Waals surface area contributed by atoms with Crippen LogP contribution < -0.4 is 20.4 Å². The predicted octanol–water partition coefficient (Wildman–Crippen LogP) is 9.13. The van der Waals surface area contributed by atoms with Crippen LogP contribution in [0.5, 0.6) is 0 Å². The number of fused-ring (bicyclic) bond motifs is 2. The molecule has 17 heteroatoms. The molecule has 0 aliphatic carbocycles. The lowest BCUT2D eigenvalue weighted by Crippen LogP contribution is -2.51. The average Bonchev–Trinajstić information content (AvgIpc) is 4.20. The number of rotatable bonds is 12. The minimum absolute atomic E-state index is 0.103. The maximum Gasteiger partial charge on any atom is 0.407 e. The van der Waals surface area contributed by atoms with Gasteiger partial charge in [-0.1, -0.05) is 52.7 Å². The van der Waals surface area contributed by atoms with Crippen LogP contribution in [0.3, 0.4) is 0 Å². The number of anilines is 2. The van der Waals surface area contributed by atoms with Crippen LogP contribution in [0.2, 0.25) is 0 Å². The van der Waals surface area contributed by atoms with Crippen molar-refractivity contribution in [2.45, 2.75) is 128 Å². The molecule has 4 amide bonds. The summed E-state index contributed by atoms with van der Waals surface area (Å²) in [5.41, 5.74) is 6.86. The van der Waals surface area contributed by atoms with Crippen molar-refractivity contribution in [2.24, 2.45) is 11.8 Å². The third kappa shape index (κ3) is 9.65. The summed E-state index contributed by atoms with van der Waals surface area (Å²) in [4.78, 5) is 77.6. The Morgan fingerprint density at radius 3 is 1.52 bits per heavy atom. The fraction of sp³-hybridized carbons (Fsp3) is 0.538. The third-order valence-corrected chi connectivity index (χ3v) is 14.9. The van der Waals surface area contributed by atoms with E-state index in [-0.39, 0.29) is 53.6 Å². The van der Waals surface area contributed by atoms with Crippen molar-refractivity contribution >= 4 is 57.4 Å². The number of hydrogen-bond acceptors (Lipinski definition) is 10. The second kappa shape index (κ2) is 20.3. The van der Waals surface area contributed by atoms with Crippen LogP contribution in [0, 0.1) is 17.7 Å². The number of H-pyrrole nitrogens is 2. The van der Waals surface area contributed by atoms with Crippen molar-refractivity contribution in [1.82, 2.24) is 40.4 Å². The number of methoxy groups -OCH3 is 2. The number of nitrogens with one attached hydrogen (secondary N) is 4. The van der Waals surface area contributed by atoms with E-state index in [0.717, 1.165) is 116 Å². The second-order valence-electron chi connectivity index (χ2n) is 19.9. The highest BCUT2D eigenvalue weighted by atomic mass is 19.1. The van der Waals surface area contributed by atoms with Gasteiger partial charge in [-0.15, -0.1) is 0 Å². The van der Waals surface area contributed by atoms with Gasteiger partial charge in [0.05, 0.1) is 66.1 Å². The van der Waals surface area contributed by atoms with Crippen molar-refractivity contribution in [1.29, 1.82) is 0 Å². The zero-order valence-corrected chi connectivity index (χ0v) is 40.7. The molecule has 1 unspecified atom stereocenters. The van der Waals surface area contributed by atoms with Crippen molar-refractivity contribution in [3.63, 3.8) is 0 Å². The highest BCUT2D eigenvalue weighted by molar-refractivity contribution is 5.88. The number of benzene rings is 3. The normalized spacial score (nSPS) is 21.9. The lowest BCUT2D eigenvalue weighted by molar-refractivity contribution is -0.136. The Hall–Kier alpha value is -6.39. The Morgan fingerprint density at radius 2 is 1.09 bits per heavy atom. The molecule has 4 fully saturated rings. The predicted molar refractivity (Wildman–Crippen MR) is 262 cm³/mol. The average molecular weight is 947 g/mol. The maximum absolute atomic E-state index is 16.5. The first-order valence-electron chi connectivity index (χ1n) is 24.9. The Labute approximate surface area is 403 Å². The van der Waals surface area contributed by atoms with Gasteiger partial charge in [0.15, 0.2) is 0 Å². The van der Waals surface area contributed by atoms with Crippen LogP contribution in [0.15, 0.2) is 54.6 Å². The molecule has 4 saturated heterocycles. The van der Waals surface area contributed by atoms with Gasteiger partial charge in [-0.2, -0.15) is 0 Å². The Balaban J connectivity index is 1.02. The van der Waals surface area contributed by atoms with Crippen LogP contribution in [0.1, 0.15) is 139 Å². The van der Waals surface area contributed by atoms with Gasteiger partial charge in [0.2, 0.25) is 11.8 Å². The summed E-state index contributed by atoms with van der Waals surface area (Å²) < 4.78 is 26.2. The van der Waals surface area contributed by atoms with Gasteiger partial charge in [-0.05, 0) is 117 Å². The van der Waals surface area contributed by atoms with E-state index in [4.69, 9.17) is 19.4 Å². The minimum atomic E-state index is -0.733. The van der Waals surface area contributed by atoms with Crippen molar-refractivity contribution < 1.29 is 33.0 Å². The van der Waals surface area contributed by atoms with Gasteiger partial charge in [0.25, 0.3) is 0 Å². The molecule has 0 saturated carbocycles. The van der Waals surface area contributed by atoms with Crippen molar-refractivity contribution in [2.75, 3.05) is 50.2 Å². The second-order valence-corrected chi connectivity index (χ2v) is 19.9. The highest BCUT2D eigenvalue weighted by Crippen LogP contribution is 2.48. The van der Waals surface area contributed by atoms with Crippen molar-refractivity contribution in [3.8, 4) is 0 Å². The molecule has 0 radical (unpaired) electrons. The number of imidazole rings is 2. The van der Waals surface area contributed by atoms with Gasteiger partial charge < -0.3 is 49.7 Å². The zero-order valence-electron chi connectivity index (χ0n) is 40.7. The quantitative estimate of drug-likeness (QED) is 0.0942. The van der Waals surface area contributed by atoms with Crippen LogP contribution >= 0.6 is 0 Å². The van der Waals surface area contributed by atoms with Gasteiger partial charge >= 0.3 is 12.2 Å². The van der Waals surface area contributed by atoms with Gasteiger partial charge in [0, 0.05) is 31.9 Å². The largest absolute Gasteiger partial charge is 0.453 e. The smallest absolute Gasteiger partial charge is 0.407 e. The zero-order chi connectivity index (χ0) is 48.5. The van der Waals surface area contributed by atoms with E-state index in [0.29, 0.717) is 30.4 Å². The number of halogens is 1.